The third-order valence-corrected chi connectivity index (χ3v) is 3.88. The molecule has 0 saturated heterocycles. The van der Waals surface area contributed by atoms with Gasteiger partial charge in [-0.05, 0) is 25.0 Å². The molecule has 0 saturated carbocycles. The highest BCUT2D eigenvalue weighted by Crippen LogP contribution is 2.12. The fraction of sp³-hybridized carbons (Fsp3) is 0.143. The van der Waals surface area contributed by atoms with Crippen LogP contribution >= 0.6 is 0 Å². The van der Waals surface area contributed by atoms with Crippen LogP contribution in [0.3, 0.4) is 0 Å². The smallest absolute Gasteiger partial charge is 0.223 e. The van der Waals surface area contributed by atoms with E-state index >= 15 is 0 Å². The largest absolute Gasteiger partial charge is 0.368 e. The molecule has 1 aromatic heterocycles. The fourth-order valence-corrected chi connectivity index (χ4v) is 2.37. The number of nitrogens with two attached hydrogens (primary N) is 1. The van der Waals surface area contributed by atoms with Gasteiger partial charge in [-0.25, -0.2) is 0 Å². The average molecular weight is 373 g/mol. The summed E-state index contributed by atoms with van der Waals surface area (Å²) in [7, 11) is 0. The van der Waals surface area contributed by atoms with Gasteiger partial charge in [-0.1, -0.05) is 59.7 Å². The molecule has 0 atom stereocenters. The molecule has 0 fully saturated rings. The van der Waals surface area contributed by atoms with Gasteiger partial charge in [-0.2, -0.15) is 15.1 Å². The van der Waals surface area contributed by atoms with E-state index in [1.54, 1.807) is 12.3 Å². The summed E-state index contributed by atoms with van der Waals surface area (Å²) in [6, 6.07) is 17.9. The molecule has 7 heteroatoms. The van der Waals surface area contributed by atoms with E-state index in [4.69, 9.17) is 5.73 Å². The molecule has 1 heterocycles. The van der Waals surface area contributed by atoms with Crippen LogP contribution in [0.4, 0.5) is 17.6 Å². The molecule has 0 amide bonds. The van der Waals surface area contributed by atoms with Crippen LogP contribution in [0, 0.1) is 13.8 Å². The van der Waals surface area contributed by atoms with E-state index in [2.05, 4.69) is 49.9 Å². The topological polar surface area (TPSA) is 101 Å². The van der Waals surface area contributed by atoms with Crippen molar-refractivity contribution in [1.82, 2.24) is 9.97 Å². The zero-order chi connectivity index (χ0) is 19.8. The molecule has 0 unspecified atom stereocenters. The maximum atomic E-state index is 5.78. The van der Waals surface area contributed by atoms with Gasteiger partial charge in [0.25, 0.3) is 0 Å². The van der Waals surface area contributed by atoms with Crippen molar-refractivity contribution in [2.24, 2.45) is 10.1 Å². The molecule has 3 rings (SSSR count). The number of nitrogen functional groups attached to an aromatic ring is 1. The number of nitrogens with zero attached hydrogens (tertiary/aromatic N) is 4. The number of hydrogen-bond donors (Lipinski definition) is 3. The van der Waals surface area contributed by atoms with Crippen LogP contribution in [0.15, 0.2) is 64.7 Å². The van der Waals surface area contributed by atoms with E-state index in [9.17, 15) is 0 Å². The molecule has 0 aliphatic heterocycles. The molecule has 3 aromatic rings. The maximum Gasteiger partial charge on any atom is 0.223 e. The van der Waals surface area contributed by atoms with Gasteiger partial charge in [0, 0.05) is 12.3 Å². The second-order valence-corrected chi connectivity index (χ2v) is 6.33. The highest BCUT2D eigenvalue weighted by atomic mass is 15.3. The Hall–Kier alpha value is -3.74. The first kappa shape index (κ1) is 19.0. The van der Waals surface area contributed by atoms with Gasteiger partial charge in [0.1, 0.15) is 12.5 Å². The van der Waals surface area contributed by atoms with E-state index < -0.39 is 0 Å². The van der Waals surface area contributed by atoms with Crippen LogP contribution in [0.25, 0.3) is 0 Å². The van der Waals surface area contributed by atoms with Crippen molar-refractivity contribution in [2.45, 2.75) is 13.8 Å². The van der Waals surface area contributed by atoms with Crippen molar-refractivity contribution >= 4 is 30.0 Å². The summed E-state index contributed by atoms with van der Waals surface area (Å²) in [4.78, 5) is 12.6. The van der Waals surface area contributed by atoms with Gasteiger partial charge >= 0.3 is 0 Å². The Labute approximate surface area is 164 Å². The summed E-state index contributed by atoms with van der Waals surface area (Å²) >= 11 is 0. The number of aliphatic imine (C=N–C) groups is 1. The minimum absolute atomic E-state index is 0.153. The van der Waals surface area contributed by atoms with E-state index in [-0.39, 0.29) is 5.95 Å². The predicted molar refractivity (Wildman–Crippen MR) is 116 cm³/mol. The van der Waals surface area contributed by atoms with E-state index in [0.717, 1.165) is 11.1 Å². The van der Waals surface area contributed by atoms with Gasteiger partial charge in [0.05, 0.1) is 6.21 Å². The standard InChI is InChI=1S/C21H23N7/c1-15-3-7-17(8-4-15)12-23-14-24-19-11-20(27-21(22)26-19)28-25-13-18-9-5-16(2)6-10-18/h3-13H,14H2,1-2H3,(H4,22,24,26,27,28)/b23-12+,25-13+. The van der Waals surface area contributed by atoms with Gasteiger partial charge in [0.2, 0.25) is 5.95 Å². The fourth-order valence-electron chi connectivity index (χ4n) is 2.37. The van der Waals surface area contributed by atoms with E-state index in [0.29, 0.717) is 18.3 Å². The molecular formula is C21H23N7. The van der Waals surface area contributed by atoms with Gasteiger partial charge in [0.15, 0.2) is 5.82 Å². The first-order chi connectivity index (χ1) is 13.6. The number of hydrazone groups is 1. The van der Waals surface area contributed by atoms with Crippen molar-refractivity contribution < 1.29 is 0 Å². The molecule has 0 aliphatic carbocycles. The second-order valence-electron chi connectivity index (χ2n) is 6.33. The van der Waals surface area contributed by atoms with E-state index in [1.165, 1.54) is 11.1 Å². The second kappa shape index (κ2) is 9.27. The highest BCUT2D eigenvalue weighted by molar-refractivity contribution is 5.80. The van der Waals surface area contributed by atoms with Crippen LogP contribution in [-0.2, 0) is 0 Å². The SMILES string of the molecule is Cc1ccc(/C=N/CNc2cc(N/N=C/c3ccc(C)cc3)nc(N)n2)cc1. The molecule has 142 valence electrons. The lowest BCUT2D eigenvalue weighted by atomic mass is 10.2. The van der Waals surface area contributed by atoms with Gasteiger partial charge < -0.3 is 11.1 Å². The third kappa shape index (κ3) is 5.91. The number of benzene rings is 2. The number of hydrogen-bond acceptors (Lipinski definition) is 7. The lowest BCUT2D eigenvalue weighted by Gasteiger charge is -2.06. The molecule has 0 spiro atoms. The summed E-state index contributed by atoms with van der Waals surface area (Å²) in [6.07, 6.45) is 3.53. The maximum absolute atomic E-state index is 5.78. The van der Waals surface area contributed by atoms with Gasteiger partial charge in [-0.3, -0.25) is 10.4 Å². The molecule has 7 nitrogen and oxygen atoms in total. The molecular weight excluding hydrogens is 350 g/mol. The first-order valence-electron chi connectivity index (χ1n) is 8.89. The number of aromatic nitrogens is 2. The number of nitrogens with one attached hydrogen (secondary N) is 2. The first-order valence-corrected chi connectivity index (χ1v) is 8.89. The van der Waals surface area contributed by atoms with Crippen molar-refractivity contribution in [3.8, 4) is 0 Å². The van der Waals surface area contributed by atoms with Crippen LogP contribution in [-0.4, -0.2) is 29.1 Å². The summed E-state index contributed by atoms with van der Waals surface area (Å²) in [5.41, 5.74) is 13.1. The third-order valence-electron chi connectivity index (χ3n) is 3.88. The molecule has 0 aliphatic rings. The Bertz CT molecular complexity index is 961. The predicted octanol–water partition coefficient (Wildman–Crippen LogP) is 3.61. The highest BCUT2D eigenvalue weighted by Gasteiger charge is 2.01. The number of rotatable bonds is 7. The molecule has 28 heavy (non-hydrogen) atoms. The Morgan fingerprint density at radius 1 is 0.857 bits per heavy atom. The van der Waals surface area contributed by atoms with E-state index in [1.807, 2.05) is 49.5 Å². The summed E-state index contributed by atoms with van der Waals surface area (Å²) < 4.78 is 0. The molecule has 0 radical (unpaired) electrons. The Morgan fingerprint density at radius 3 is 2.07 bits per heavy atom. The summed E-state index contributed by atoms with van der Waals surface area (Å²) in [5.74, 6) is 1.23. The average Bonchev–Trinajstić information content (AvgIpc) is 2.68. The van der Waals surface area contributed by atoms with Crippen molar-refractivity contribution in [3.05, 3.63) is 76.9 Å². The zero-order valence-corrected chi connectivity index (χ0v) is 15.9. The molecule has 4 N–H and O–H groups in total. The van der Waals surface area contributed by atoms with Crippen molar-refractivity contribution in [2.75, 3.05) is 23.1 Å². The quantitative estimate of drug-likeness (QED) is 0.434. The zero-order valence-electron chi connectivity index (χ0n) is 15.9. The number of aryl methyl sites for hydroxylation is 2. The van der Waals surface area contributed by atoms with Crippen molar-refractivity contribution in [1.29, 1.82) is 0 Å². The molecule has 2 aromatic carbocycles. The van der Waals surface area contributed by atoms with Crippen LogP contribution in [0.2, 0.25) is 0 Å². The Balaban J connectivity index is 1.56. The minimum atomic E-state index is 0.153. The van der Waals surface area contributed by atoms with Gasteiger partial charge in [-0.15, -0.1) is 0 Å². The van der Waals surface area contributed by atoms with Crippen LogP contribution < -0.4 is 16.5 Å². The Kier molecular flexibility index (Phi) is 6.30. The Morgan fingerprint density at radius 2 is 1.43 bits per heavy atom. The monoisotopic (exact) mass is 373 g/mol. The molecule has 0 bridgehead atoms. The van der Waals surface area contributed by atoms with Crippen LogP contribution in [0.1, 0.15) is 22.3 Å². The number of anilines is 3. The summed E-state index contributed by atoms with van der Waals surface area (Å²) in [5, 5.41) is 7.29. The normalized spacial score (nSPS) is 11.2. The minimum Gasteiger partial charge on any atom is -0.368 e. The lowest BCUT2D eigenvalue weighted by molar-refractivity contribution is 1.09. The lowest BCUT2D eigenvalue weighted by Crippen LogP contribution is -2.06. The van der Waals surface area contributed by atoms with Crippen LogP contribution in [0.5, 0.6) is 0 Å². The summed E-state index contributed by atoms with van der Waals surface area (Å²) in [6.45, 7) is 4.47. The van der Waals surface area contributed by atoms with Crippen molar-refractivity contribution in [3.63, 3.8) is 0 Å².